The first kappa shape index (κ1) is 26.5. The second-order valence-corrected chi connectivity index (χ2v) is 9.49. The molecule has 0 aliphatic rings. The normalized spacial score (nSPS) is 11.6. The number of aromatic nitrogens is 4. The summed E-state index contributed by atoms with van der Waals surface area (Å²) in [4.78, 5) is 35.6. The smallest absolute Gasteiger partial charge is 0.329 e. The van der Waals surface area contributed by atoms with E-state index in [1.165, 1.54) is 30.7 Å². The number of ether oxygens (including phenoxy) is 2. The third-order valence-electron chi connectivity index (χ3n) is 5.37. The fourth-order valence-electron chi connectivity index (χ4n) is 3.83. The number of benzene rings is 1. The van der Waals surface area contributed by atoms with Crippen molar-refractivity contribution in [2.24, 2.45) is 0 Å². The van der Waals surface area contributed by atoms with Gasteiger partial charge in [-0.1, -0.05) is 54.6 Å². The van der Waals surface area contributed by atoms with Crippen molar-refractivity contribution in [3.63, 3.8) is 0 Å². The molecule has 8 nitrogen and oxygen atoms in total. The molecule has 0 spiro atoms. The van der Waals surface area contributed by atoms with Crippen LogP contribution in [0.3, 0.4) is 0 Å². The van der Waals surface area contributed by atoms with Crippen LogP contribution in [0, 0.1) is 6.92 Å². The molecule has 0 N–H and O–H groups in total. The molecule has 0 unspecified atom stereocenters. The van der Waals surface area contributed by atoms with Crippen LogP contribution < -0.4 is 0 Å². The predicted molar refractivity (Wildman–Crippen MR) is 133 cm³/mol. The van der Waals surface area contributed by atoms with Crippen molar-refractivity contribution in [1.82, 2.24) is 19.7 Å². The zero-order valence-corrected chi connectivity index (χ0v) is 22.3. The molecule has 0 atom stereocenters. The molecule has 3 rings (SSSR count). The molecule has 0 aliphatic carbocycles. The summed E-state index contributed by atoms with van der Waals surface area (Å²) < 4.78 is 11.7. The standard InChI is InChI=1S/C22H23Cl3N4O4S/c1-6-7-8-22(20(30)32-3,21(31)33-4)17-15-18(27-11(2)26-17)29(28-19(15)34-5)16-13(24)9-12(23)10-14(16)25/h9-10H,6-8H2,1-5H3. The van der Waals surface area contributed by atoms with Crippen LogP contribution in [0.1, 0.15) is 37.7 Å². The molecule has 0 radical (unpaired) electrons. The summed E-state index contributed by atoms with van der Waals surface area (Å²) in [5.41, 5.74) is -0.958. The Bertz CT molecular complexity index is 1230. The molecule has 12 heteroatoms. The molecule has 34 heavy (non-hydrogen) atoms. The highest BCUT2D eigenvalue weighted by atomic mass is 35.5. The van der Waals surface area contributed by atoms with Crippen LogP contribution in [0.25, 0.3) is 16.7 Å². The van der Waals surface area contributed by atoms with Crippen molar-refractivity contribution in [3.05, 3.63) is 38.7 Å². The van der Waals surface area contributed by atoms with E-state index in [0.717, 1.165) is 6.42 Å². The van der Waals surface area contributed by atoms with Crippen molar-refractivity contribution in [3.8, 4) is 5.69 Å². The first-order chi connectivity index (χ1) is 16.2. The number of halogens is 3. The number of fused-ring (bicyclic) bond motifs is 1. The maximum atomic E-state index is 13.2. The lowest BCUT2D eigenvalue weighted by atomic mass is 9.78. The van der Waals surface area contributed by atoms with Crippen LogP contribution in [-0.4, -0.2) is 52.2 Å². The molecular weight excluding hydrogens is 523 g/mol. The molecule has 3 aromatic rings. The average molecular weight is 546 g/mol. The molecule has 0 amide bonds. The van der Waals surface area contributed by atoms with Gasteiger partial charge in [0.15, 0.2) is 5.65 Å². The van der Waals surface area contributed by atoms with E-state index < -0.39 is 17.4 Å². The summed E-state index contributed by atoms with van der Waals surface area (Å²) in [5, 5.41) is 6.41. The number of rotatable bonds is 8. The molecule has 0 saturated heterocycles. The van der Waals surface area contributed by atoms with Crippen molar-refractivity contribution in [1.29, 1.82) is 0 Å². The van der Waals surface area contributed by atoms with Gasteiger partial charge in [0.1, 0.15) is 16.5 Å². The number of hydrogen-bond donors (Lipinski definition) is 0. The lowest BCUT2D eigenvalue weighted by molar-refractivity contribution is -0.162. The fraction of sp³-hybridized carbons (Fsp3) is 0.409. The molecule has 2 heterocycles. The Hall–Kier alpha value is -2.07. The second-order valence-electron chi connectivity index (χ2n) is 7.45. The first-order valence-corrected chi connectivity index (χ1v) is 12.7. The van der Waals surface area contributed by atoms with Crippen LogP contribution in [0.15, 0.2) is 17.2 Å². The Morgan fingerprint density at radius 2 is 1.68 bits per heavy atom. The van der Waals surface area contributed by atoms with Crippen LogP contribution in [0.5, 0.6) is 0 Å². The maximum absolute atomic E-state index is 13.2. The van der Waals surface area contributed by atoms with Gasteiger partial charge in [0.05, 0.1) is 35.3 Å². The van der Waals surface area contributed by atoms with E-state index in [1.807, 2.05) is 13.2 Å². The van der Waals surface area contributed by atoms with Gasteiger partial charge in [0.2, 0.25) is 5.41 Å². The summed E-state index contributed by atoms with van der Waals surface area (Å²) in [6, 6.07) is 3.08. The monoisotopic (exact) mass is 544 g/mol. The summed E-state index contributed by atoms with van der Waals surface area (Å²) in [5.74, 6) is -1.23. The van der Waals surface area contributed by atoms with E-state index >= 15 is 0 Å². The third-order valence-corrected chi connectivity index (χ3v) is 6.84. The molecule has 182 valence electrons. The van der Waals surface area contributed by atoms with E-state index in [-0.39, 0.29) is 22.2 Å². The van der Waals surface area contributed by atoms with Gasteiger partial charge >= 0.3 is 11.9 Å². The van der Waals surface area contributed by atoms with Crippen molar-refractivity contribution in [2.75, 3.05) is 20.5 Å². The summed E-state index contributed by atoms with van der Waals surface area (Å²) >= 11 is 20.3. The van der Waals surface area contributed by atoms with Gasteiger partial charge in [-0.2, -0.15) is 5.10 Å². The zero-order valence-electron chi connectivity index (χ0n) is 19.2. The predicted octanol–water partition coefficient (Wildman–Crippen LogP) is 5.58. The van der Waals surface area contributed by atoms with E-state index in [9.17, 15) is 9.59 Å². The average Bonchev–Trinajstić information content (AvgIpc) is 3.16. The maximum Gasteiger partial charge on any atom is 0.329 e. The number of methoxy groups -OCH3 is 2. The number of hydrogen-bond acceptors (Lipinski definition) is 8. The fourth-order valence-corrected chi connectivity index (χ4v) is 5.36. The van der Waals surface area contributed by atoms with Gasteiger partial charge in [-0.25, -0.2) is 14.6 Å². The third kappa shape index (κ3) is 4.46. The van der Waals surface area contributed by atoms with E-state index in [2.05, 4.69) is 15.1 Å². The second kappa shape index (κ2) is 10.7. The lowest BCUT2D eigenvalue weighted by Crippen LogP contribution is -2.46. The Balaban J connectivity index is 2.50. The summed E-state index contributed by atoms with van der Waals surface area (Å²) in [6.45, 7) is 3.61. The van der Waals surface area contributed by atoms with Gasteiger partial charge in [0.25, 0.3) is 0 Å². The minimum absolute atomic E-state index is 0.135. The van der Waals surface area contributed by atoms with E-state index in [1.54, 1.807) is 19.1 Å². The Labute approximate surface area is 216 Å². The lowest BCUT2D eigenvalue weighted by Gasteiger charge is -2.28. The van der Waals surface area contributed by atoms with Crippen LogP contribution in [-0.2, 0) is 24.5 Å². The number of thioether (sulfide) groups is 1. The minimum Gasteiger partial charge on any atom is -0.468 e. The first-order valence-electron chi connectivity index (χ1n) is 10.3. The molecule has 0 saturated carbocycles. The quantitative estimate of drug-likeness (QED) is 0.206. The molecule has 0 fully saturated rings. The Morgan fingerprint density at radius 3 is 2.18 bits per heavy atom. The van der Waals surface area contributed by atoms with Crippen LogP contribution in [0.2, 0.25) is 15.1 Å². The topological polar surface area (TPSA) is 96.2 Å². The summed E-state index contributed by atoms with van der Waals surface area (Å²) in [7, 11) is 2.45. The number of carbonyl (C=O) groups excluding carboxylic acids is 2. The molecule has 0 bridgehead atoms. The highest BCUT2D eigenvalue weighted by Gasteiger charge is 2.53. The molecule has 2 aromatic heterocycles. The van der Waals surface area contributed by atoms with Gasteiger partial charge < -0.3 is 9.47 Å². The highest BCUT2D eigenvalue weighted by Crippen LogP contribution is 2.41. The SMILES string of the molecule is CCCCC(C(=O)OC)(C(=O)OC)c1nc(C)nc2c1c(SC)nn2-c1c(Cl)cc(Cl)cc1Cl. The minimum atomic E-state index is -1.81. The largest absolute Gasteiger partial charge is 0.468 e. The number of unbranched alkanes of at least 4 members (excludes halogenated alkanes) is 1. The number of esters is 2. The number of aryl methyl sites for hydroxylation is 1. The van der Waals surface area contributed by atoms with Gasteiger partial charge in [-0.15, -0.1) is 11.8 Å². The highest BCUT2D eigenvalue weighted by molar-refractivity contribution is 7.98. The Kier molecular flexibility index (Phi) is 8.34. The number of carbonyl (C=O) groups is 2. The van der Waals surface area contributed by atoms with Gasteiger partial charge in [-0.3, -0.25) is 9.59 Å². The zero-order chi connectivity index (χ0) is 25.2. The van der Waals surface area contributed by atoms with Crippen molar-refractivity contribution in [2.45, 2.75) is 43.6 Å². The van der Waals surface area contributed by atoms with E-state index in [4.69, 9.17) is 44.3 Å². The van der Waals surface area contributed by atoms with Crippen molar-refractivity contribution >= 4 is 69.5 Å². The van der Waals surface area contributed by atoms with Crippen LogP contribution in [0.4, 0.5) is 0 Å². The van der Waals surface area contributed by atoms with Gasteiger partial charge in [-0.05, 0) is 31.7 Å². The summed E-state index contributed by atoms with van der Waals surface area (Å²) in [6.07, 6.45) is 3.22. The molecular formula is C22H23Cl3N4O4S. The molecule has 0 aliphatic heterocycles. The molecule has 1 aromatic carbocycles. The van der Waals surface area contributed by atoms with E-state index in [0.29, 0.717) is 39.0 Å². The Morgan fingerprint density at radius 1 is 1.09 bits per heavy atom. The number of nitrogens with zero attached hydrogens (tertiary/aromatic N) is 4. The van der Waals surface area contributed by atoms with Crippen LogP contribution >= 0.6 is 46.6 Å². The van der Waals surface area contributed by atoms with Gasteiger partial charge in [0, 0.05) is 5.02 Å². The van der Waals surface area contributed by atoms with Crippen molar-refractivity contribution < 1.29 is 19.1 Å².